The molecule has 0 saturated heterocycles. The minimum Gasteiger partial charge on any atom is -0.311 e. The molecule has 0 radical (unpaired) electrons. The number of aromatic nitrogens is 1. The lowest BCUT2D eigenvalue weighted by Crippen LogP contribution is -2.10. The van der Waals surface area contributed by atoms with Crippen LogP contribution >= 0.6 is 0 Å². The molecular formula is C58H40N2. The maximum absolute atomic E-state index is 2.47. The van der Waals surface area contributed by atoms with Gasteiger partial charge in [0.05, 0.1) is 11.0 Å². The molecule has 11 aromatic rings. The van der Waals surface area contributed by atoms with Crippen molar-refractivity contribution in [2.45, 2.75) is 0 Å². The highest BCUT2D eigenvalue weighted by atomic mass is 15.1. The fourth-order valence-corrected chi connectivity index (χ4v) is 8.88. The van der Waals surface area contributed by atoms with E-state index in [1.54, 1.807) is 0 Å². The quantitative estimate of drug-likeness (QED) is 0.150. The van der Waals surface area contributed by atoms with Gasteiger partial charge in [-0.15, -0.1) is 0 Å². The minimum absolute atomic E-state index is 1.08. The summed E-state index contributed by atoms with van der Waals surface area (Å²) in [4.78, 5) is 2.35. The van der Waals surface area contributed by atoms with E-state index in [1.807, 2.05) is 0 Å². The van der Waals surface area contributed by atoms with Gasteiger partial charge in [-0.3, -0.25) is 0 Å². The first-order valence-electron chi connectivity index (χ1n) is 20.6. The van der Waals surface area contributed by atoms with Crippen LogP contribution in [0.25, 0.3) is 82.8 Å². The number of fused-ring (bicyclic) bond motifs is 4. The van der Waals surface area contributed by atoms with Gasteiger partial charge in [0, 0.05) is 39.1 Å². The van der Waals surface area contributed by atoms with Crippen molar-refractivity contribution >= 4 is 49.6 Å². The number of hydrogen-bond acceptors (Lipinski definition) is 1. The van der Waals surface area contributed by atoms with Gasteiger partial charge < -0.3 is 9.47 Å². The molecule has 0 spiro atoms. The Bertz CT molecular complexity index is 3160. The summed E-state index contributed by atoms with van der Waals surface area (Å²) < 4.78 is 2.47. The number of hydrogen-bond donors (Lipinski definition) is 0. The summed E-state index contributed by atoms with van der Waals surface area (Å²) in [6.45, 7) is 0. The Balaban J connectivity index is 1.06. The van der Waals surface area contributed by atoms with Crippen LogP contribution in [0.2, 0.25) is 0 Å². The van der Waals surface area contributed by atoms with Crippen molar-refractivity contribution in [2.24, 2.45) is 0 Å². The Hall–Kier alpha value is -7.94. The van der Waals surface area contributed by atoms with Crippen LogP contribution in [-0.4, -0.2) is 4.57 Å². The molecule has 0 bridgehead atoms. The van der Waals surface area contributed by atoms with Crippen molar-refractivity contribution in [3.63, 3.8) is 0 Å². The Morgan fingerprint density at radius 1 is 0.283 bits per heavy atom. The first-order chi connectivity index (χ1) is 29.8. The first-order valence-corrected chi connectivity index (χ1v) is 20.6. The zero-order chi connectivity index (χ0) is 39.8. The van der Waals surface area contributed by atoms with Crippen LogP contribution in [0, 0.1) is 0 Å². The maximum atomic E-state index is 2.47. The second-order valence-electron chi connectivity index (χ2n) is 15.3. The van der Waals surface area contributed by atoms with Crippen molar-refractivity contribution in [2.75, 3.05) is 4.90 Å². The molecule has 1 aromatic heterocycles. The molecule has 0 aliphatic carbocycles. The van der Waals surface area contributed by atoms with Crippen molar-refractivity contribution in [1.82, 2.24) is 4.57 Å². The highest BCUT2D eigenvalue weighted by molar-refractivity contribution is 6.21. The van der Waals surface area contributed by atoms with Crippen LogP contribution in [-0.2, 0) is 0 Å². The minimum atomic E-state index is 1.08. The lowest BCUT2D eigenvalue weighted by molar-refractivity contribution is 1.18. The Kier molecular flexibility index (Phi) is 8.87. The molecule has 2 nitrogen and oxygen atoms in total. The highest BCUT2D eigenvalue weighted by Gasteiger charge is 2.20. The second kappa shape index (κ2) is 15.1. The van der Waals surface area contributed by atoms with E-state index >= 15 is 0 Å². The van der Waals surface area contributed by atoms with Crippen LogP contribution in [0.15, 0.2) is 243 Å². The van der Waals surface area contributed by atoms with Crippen molar-refractivity contribution in [3.05, 3.63) is 243 Å². The summed E-state index contributed by atoms with van der Waals surface area (Å²) in [6.07, 6.45) is 0. The van der Waals surface area contributed by atoms with Gasteiger partial charge in [0.25, 0.3) is 0 Å². The van der Waals surface area contributed by atoms with Gasteiger partial charge >= 0.3 is 0 Å². The Morgan fingerprint density at radius 3 is 1.18 bits per heavy atom. The number of nitrogens with zero attached hydrogens (tertiary/aromatic N) is 2. The predicted molar refractivity (Wildman–Crippen MR) is 255 cm³/mol. The largest absolute Gasteiger partial charge is 0.311 e. The number of anilines is 3. The van der Waals surface area contributed by atoms with Crippen LogP contribution in [0.1, 0.15) is 0 Å². The average molecular weight is 765 g/mol. The summed E-state index contributed by atoms with van der Waals surface area (Å²) in [5.74, 6) is 0. The standard InChI is InChI=1S/C58H40N2/c1-4-14-41(15-5-1)44-24-26-47(27-25-44)57-53-21-11-10-20-48(53)40-55-54-22-12-13-23-56(54)60(58(55)57)52-38-36-51(37-39-52)59(49-32-28-45(29-33-49)42-16-6-2-7-17-42)50-34-30-46(31-35-50)43-18-8-3-9-19-43/h1-40H. The first kappa shape index (κ1) is 35.2. The zero-order valence-corrected chi connectivity index (χ0v) is 33.0. The number of para-hydroxylation sites is 1. The van der Waals surface area contributed by atoms with Gasteiger partial charge in [-0.05, 0) is 110 Å². The molecule has 0 aliphatic heterocycles. The third-order valence-corrected chi connectivity index (χ3v) is 11.8. The maximum Gasteiger partial charge on any atom is 0.0625 e. The molecule has 0 unspecified atom stereocenters. The second-order valence-corrected chi connectivity index (χ2v) is 15.3. The van der Waals surface area contributed by atoms with E-state index in [4.69, 9.17) is 0 Å². The van der Waals surface area contributed by atoms with Crippen molar-refractivity contribution in [1.29, 1.82) is 0 Å². The van der Waals surface area contributed by atoms with Gasteiger partial charge in [-0.1, -0.05) is 182 Å². The van der Waals surface area contributed by atoms with Crippen molar-refractivity contribution in [3.8, 4) is 50.2 Å². The SMILES string of the molecule is c1ccc(-c2ccc(-c3c4ccccc4cc4c5ccccc5n(-c5ccc(N(c6ccc(-c7ccccc7)cc6)c6ccc(-c7ccccc7)cc6)cc5)c34)cc2)cc1. The third kappa shape index (κ3) is 6.32. The fourth-order valence-electron chi connectivity index (χ4n) is 8.88. The van der Waals surface area contributed by atoms with Crippen LogP contribution in [0.5, 0.6) is 0 Å². The summed E-state index contributed by atoms with van der Waals surface area (Å²) in [7, 11) is 0. The molecule has 0 aliphatic rings. The van der Waals surface area contributed by atoms with Crippen LogP contribution in [0.4, 0.5) is 17.1 Å². The highest BCUT2D eigenvalue weighted by Crippen LogP contribution is 2.44. The average Bonchev–Trinajstić information content (AvgIpc) is 3.66. The molecule has 1 heterocycles. The monoisotopic (exact) mass is 764 g/mol. The number of rotatable bonds is 8. The van der Waals surface area contributed by atoms with E-state index in [9.17, 15) is 0 Å². The van der Waals surface area contributed by atoms with E-state index in [-0.39, 0.29) is 0 Å². The molecule has 2 heteroatoms. The molecule has 60 heavy (non-hydrogen) atoms. The summed E-state index contributed by atoms with van der Waals surface area (Å²) in [5, 5.41) is 4.96. The van der Waals surface area contributed by atoms with E-state index in [0.29, 0.717) is 0 Å². The van der Waals surface area contributed by atoms with Gasteiger partial charge in [-0.25, -0.2) is 0 Å². The lowest BCUT2D eigenvalue weighted by Gasteiger charge is -2.26. The van der Waals surface area contributed by atoms with Gasteiger partial charge in [-0.2, -0.15) is 0 Å². The number of benzene rings is 10. The zero-order valence-electron chi connectivity index (χ0n) is 33.0. The van der Waals surface area contributed by atoms with Gasteiger partial charge in [0.15, 0.2) is 0 Å². The molecule has 0 amide bonds. The Morgan fingerprint density at radius 2 is 0.667 bits per heavy atom. The summed E-state index contributed by atoms with van der Waals surface area (Å²) in [5.41, 5.74) is 16.4. The molecule has 11 rings (SSSR count). The van der Waals surface area contributed by atoms with Crippen LogP contribution < -0.4 is 4.90 Å². The van der Waals surface area contributed by atoms with E-state index in [1.165, 1.54) is 77.1 Å². The fraction of sp³-hybridized carbons (Fsp3) is 0. The molecule has 0 fully saturated rings. The van der Waals surface area contributed by atoms with Crippen LogP contribution in [0.3, 0.4) is 0 Å². The lowest BCUT2D eigenvalue weighted by atomic mass is 9.93. The molecule has 282 valence electrons. The van der Waals surface area contributed by atoms with Gasteiger partial charge in [0.2, 0.25) is 0 Å². The predicted octanol–water partition coefficient (Wildman–Crippen LogP) is 16.1. The van der Waals surface area contributed by atoms with E-state index < -0.39 is 0 Å². The molecule has 0 saturated carbocycles. The molecule has 0 N–H and O–H groups in total. The molecule has 0 atom stereocenters. The smallest absolute Gasteiger partial charge is 0.0625 e. The van der Waals surface area contributed by atoms with E-state index in [2.05, 4.69) is 252 Å². The van der Waals surface area contributed by atoms with Gasteiger partial charge in [0.1, 0.15) is 0 Å². The normalized spacial score (nSPS) is 11.3. The Labute approximate surface area is 350 Å². The topological polar surface area (TPSA) is 8.17 Å². The summed E-state index contributed by atoms with van der Waals surface area (Å²) >= 11 is 0. The molecule has 10 aromatic carbocycles. The van der Waals surface area contributed by atoms with Crippen molar-refractivity contribution < 1.29 is 0 Å². The third-order valence-electron chi connectivity index (χ3n) is 11.8. The molecular weight excluding hydrogens is 725 g/mol. The van der Waals surface area contributed by atoms with E-state index in [0.717, 1.165) is 22.7 Å². The summed E-state index contributed by atoms with van der Waals surface area (Å²) in [6, 6.07) is 87.8.